The summed E-state index contributed by atoms with van der Waals surface area (Å²) in [5.74, 6) is 0. The van der Waals surface area contributed by atoms with Crippen LogP contribution in [0, 0.1) is 6.92 Å². The monoisotopic (exact) mass is 236 g/mol. The zero-order valence-electron chi connectivity index (χ0n) is 11.1. The molecule has 0 aliphatic heterocycles. The van der Waals surface area contributed by atoms with E-state index in [0.717, 1.165) is 13.0 Å². The molecule has 0 saturated heterocycles. The lowest BCUT2D eigenvalue weighted by Gasteiger charge is -2.29. The van der Waals surface area contributed by atoms with E-state index < -0.39 is 0 Å². The van der Waals surface area contributed by atoms with Crippen LogP contribution in [0.3, 0.4) is 0 Å². The van der Waals surface area contributed by atoms with Gasteiger partial charge < -0.3 is 10.8 Å². The molecule has 3 nitrogen and oxygen atoms in total. The van der Waals surface area contributed by atoms with Crippen LogP contribution < -0.4 is 5.73 Å². The number of aryl methyl sites for hydroxylation is 1. The maximum absolute atomic E-state index is 9.32. The first-order valence-electron chi connectivity index (χ1n) is 6.20. The fourth-order valence-electron chi connectivity index (χ4n) is 2.05. The predicted molar refractivity (Wildman–Crippen MR) is 71.9 cm³/mol. The van der Waals surface area contributed by atoms with Gasteiger partial charge in [0.05, 0.1) is 6.10 Å². The SMILES string of the molecule is Cc1ccccc1C(CN)N(C)CCC(C)O. The molecule has 0 saturated carbocycles. The van der Waals surface area contributed by atoms with Crippen LogP contribution in [0.5, 0.6) is 0 Å². The number of hydrogen-bond acceptors (Lipinski definition) is 3. The van der Waals surface area contributed by atoms with Crippen LogP contribution in [0.4, 0.5) is 0 Å². The molecule has 0 spiro atoms. The van der Waals surface area contributed by atoms with Crippen molar-refractivity contribution in [2.24, 2.45) is 5.73 Å². The van der Waals surface area contributed by atoms with Crippen molar-refractivity contribution < 1.29 is 5.11 Å². The van der Waals surface area contributed by atoms with Gasteiger partial charge in [-0.05, 0) is 38.4 Å². The fraction of sp³-hybridized carbons (Fsp3) is 0.571. The Morgan fingerprint density at radius 3 is 2.53 bits per heavy atom. The normalized spacial score (nSPS) is 14.9. The Bertz CT molecular complexity index is 339. The molecule has 0 bridgehead atoms. The summed E-state index contributed by atoms with van der Waals surface area (Å²) in [6, 6.07) is 8.57. The van der Waals surface area contributed by atoms with E-state index in [1.807, 2.05) is 19.1 Å². The summed E-state index contributed by atoms with van der Waals surface area (Å²) in [6.07, 6.45) is 0.520. The third-order valence-electron chi connectivity index (χ3n) is 3.20. The summed E-state index contributed by atoms with van der Waals surface area (Å²) in [5.41, 5.74) is 8.43. The lowest BCUT2D eigenvalue weighted by Crippen LogP contribution is -2.32. The van der Waals surface area contributed by atoms with E-state index in [1.165, 1.54) is 11.1 Å². The van der Waals surface area contributed by atoms with Gasteiger partial charge in [-0.15, -0.1) is 0 Å². The van der Waals surface area contributed by atoms with Gasteiger partial charge in [0, 0.05) is 19.1 Å². The van der Waals surface area contributed by atoms with Crippen molar-refractivity contribution in [2.75, 3.05) is 20.1 Å². The number of likely N-dealkylation sites (N-methyl/N-ethyl adjacent to an activating group) is 1. The highest BCUT2D eigenvalue weighted by Gasteiger charge is 2.17. The highest BCUT2D eigenvalue weighted by Crippen LogP contribution is 2.21. The summed E-state index contributed by atoms with van der Waals surface area (Å²) < 4.78 is 0. The van der Waals surface area contributed by atoms with Crippen molar-refractivity contribution in [1.29, 1.82) is 0 Å². The topological polar surface area (TPSA) is 49.5 Å². The molecule has 3 N–H and O–H groups in total. The number of rotatable bonds is 6. The average Bonchev–Trinajstić information content (AvgIpc) is 2.30. The Morgan fingerprint density at radius 2 is 2.00 bits per heavy atom. The molecule has 1 rings (SSSR count). The Balaban J connectivity index is 2.74. The second-order valence-corrected chi connectivity index (χ2v) is 4.73. The molecule has 0 aliphatic carbocycles. The van der Waals surface area contributed by atoms with Gasteiger partial charge in [-0.2, -0.15) is 0 Å². The third kappa shape index (κ3) is 4.11. The molecule has 0 amide bonds. The Labute approximate surface area is 104 Å². The van der Waals surface area contributed by atoms with Gasteiger partial charge in [0.15, 0.2) is 0 Å². The summed E-state index contributed by atoms with van der Waals surface area (Å²) in [5, 5.41) is 9.32. The summed E-state index contributed by atoms with van der Waals surface area (Å²) in [6.45, 7) is 5.38. The number of hydrogen-bond donors (Lipinski definition) is 2. The minimum atomic E-state index is -0.257. The minimum Gasteiger partial charge on any atom is -0.393 e. The van der Waals surface area contributed by atoms with Crippen molar-refractivity contribution in [3.8, 4) is 0 Å². The van der Waals surface area contributed by atoms with Crippen LogP contribution >= 0.6 is 0 Å². The Hall–Kier alpha value is -0.900. The van der Waals surface area contributed by atoms with E-state index in [9.17, 15) is 5.11 Å². The second kappa shape index (κ2) is 6.74. The highest BCUT2D eigenvalue weighted by molar-refractivity contribution is 5.29. The van der Waals surface area contributed by atoms with E-state index in [4.69, 9.17) is 5.73 Å². The fourth-order valence-corrected chi connectivity index (χ4v) is 2.05. The van der Waals surface area contributed by atoms with E-state index in [2.05, 4.69) is 31.0 Å². The number of nitrogens with zero attached hydrogens (tertiary/aromatic N) is 1. The van der Waals surface area contributed by atoms with Crippen LogP contribution in [0.1, 0.15) is 30.5 Å². The molecular formula is C14H24N2O. The van der Waals surface area contributed by atoms with E-state index in [-0.39, 0.29) is 12.1 Å². The zero-order valence-corrected chi connectivity index (χ0v) is 11.1. The number of aliphatic hydroxyl groups is 1. The van der Waals surface area contributed by atoms with Gasteiger partial charge in [-0.3, -0.25) is 4.90 Å². The molecule has 0 aromatic heterocycles. The third-order valence-corrected chi connectivity index (χ3v) is 3.20. The maximum Gasteiger partial charge on any atom is 0.0524 e. The van der Waals surface area contributed by atoms with Gasteiger partial charge in [-0.25, -0.2) is 0 Å². The molecule has 96 valence electrons. The molecule has 0 aliphatic rings. The number of benzene rings is 1. The Morgan fingerprint density at radius 1 is 1.35 bits per heavy atom. The first kappa shape index (κ1) is 14.2. The van der Waals surface area contributed by atoms with Gasteiger partial charge in [0.25, 0.3) is 0 Å². The summed E-state index contributed by atoms with van der Waals surface area (Å²) >= 11 is 0. The van der Waals surface area contributed by atoms with Gasteiger partial charge in [0.1, 0.15) is 0 Å². The highest BCUT2D eigenvalue weighted by atomic mass is 16.3. The minimum absolute atomic E-state index is 0.231. The van der Waals surface area contributed by atoms with Crippen LogP contribution in [-0.4, -0.2) is 36.2 Å². The first-order valence-corrected chi connectivity index (χ1v) is 6.20. The summed E-state index contributed by atoms with van der Waals surface area (Å²) in [4.78, 5) is 2.22. The predicted octanol–water partition coefficient (Wildman–Crippen LogP) is 1.70. The van der Waals surface area contributed by atoms with Gasteiger partial charge in [-0.1, -0.05) is 24.3 Å². The molecule has 0 radical (unpaired) electrons. The average molecular weight is 236 g/mol. The van der Waals surface area contributed by atoms with Crippen molar-refractivity contribution >= 4 is 0 Å². The van der Waals surface area contributed by atoms with Crippen molar-refractivity contribution in [1.82, 2.24) is 4.90 Å². The largest absolute Gasteiger partial charge is 0.393 e. The zero-order chi connectivity index (χ0) is 12.8. The van der Waals surface area contributed by atoms with Gasteiger partial charge in [0.2, 0.25) is 0 Å². The van der Waals surface area contributed by atoms with E-state index >= 15 is 0 Å². The second-order valence-electron chi connectivity index (χ2n) is 4.73. The van der Waals surface area contributed by atoms with Crippen LogP contribution in [0.15, 0.2) is 24.3 Å². The molecule has 1 aromatic carbocycles. The maximum atomic E-state index is 9.32. The molecule has 2 atom stereocenters. The van der Waals surface area contributed by atoms with Crippen LogP contribution in [-0.2, 0) is 0 Å². The van der Waals surface area contributed by atoms with E-state index in [1.54, 1.807) is 0 Å². The number of aliphatic hydroxyl groups excluding tert-OH is 1. The number of nitrogens with two attached hydrogens (primary N) is 1. The van der Waals surface area contributed by atoms with Crippen LogP contribution in [0.2, 0.25) is 0 Å². The molecule has 3 heteroatoms. The summed E-state index contributed by atoms with van der Waals surface area (Å²) in [7, 11) is 2.06. The van der Waals surface area contributed by atoms with E-state index in [0.29, 0.717) is 6.54 Å². The first-order chi connectivity index (χ1) is 8.06. The molecule has 0 fully saturated rings. The van der Waals surface area contributed by atoms with Crippen molar-refractivity contribution in [3.63, 3.8) is 0 Å². The molecule has 2 unspecified atom stereocenters. The van der Waals surface area contributed by atoms with Gasteiger partial charge >= 0.3 is 0 Å². The lowest BCUT2D eigenvalue weighted by atomic mass is 10.00. The molecule has 17 heavy (non-hydrogen) atoms. The van der Waals surface area contributed by atoms with Crippen LogP contribution in [0.25, 0.3) is 0 Å². The molecule has 1 aromatic rings. The van der Waals surface area contributed by atoms with Crippen molar-refractivity contribution in [2.45, 2.75) is 32.4 Å². The Kier molecular flexibility index (Phi) is 5.62. The quantitative estimate of drug-likeness (QED) is 0.790. The molecule has 0 heterocycles. The molecular weight excluding hydrogens is 212 g/mol. The standard InChI is InChI=1S/C14H24N2O/c1-11-6-4-5-7-13(11)14(10-15)16(3)9-8-12(2)17/h4-7,12,14,17H,8-10,15H2,1-3H3. The van der Waals surface area contributed by atoms with Crippen molar-refractivity contribution in [3.05, 3.63) is 35.4 Å². The lowest BCUT2D eigenvalue weighted by molar-refractivity contribution is 0.150. The smallest absolute Gasteiger partial charge is 0.0524 e.